The lowest BCUT2D eigenvalue weighted by Gasteiger charge is -2.19. The van der Waals surface area contributed by atoms with E-state index in [4.69, 9.17) is 38.1 Å². The summed E-state index contributed by atoms with van der Waals surface area (Å²) in [6, 6.07) is 22.2. The zero-order valence-electron chi connectivity index (χ0n) is 25.1. The second-order valence-electron chi connectivity index (χ2n) is 9.50. The minimum atomic E-state index is -0.638. The first-order valence-electron chi connectivity index (χ1n) is 13.6. The zero-order chi connectivity index (χ0) is 31.1. The highest BCUT2D eigenvalue weighted by Crippen LogP contribution is 2.45. The molecule has 0 amide bonds. The number of pyridine rings is 2. The fourth-order valence-corrected chi connectivity index (χ4v) is 4.74. The summed E-state index contributed by atoms with van der Waals surface area (Å²) >= 11 is 0. The summed E-state index contributed by atoms with van der Waals surface area (Å²) < 4.78 is 39.5. The number of ether oxygens (including phenoxy) is 7. The molecule has 226 valence electrons. The number of nitrogens with zero attached hydrogens (tertiary/aromatic N) is 2. The van der Waals surface area contributed by atoms with Crippen LogP contribution in [-0.4, -0.2) is 51.5 Å². The molecular weight excluding hydrogens is 564 g/mol. The van der Waals surface area contributed by atoms with Crippen LogP contribution in [0, 0.1) is 0 Å². The van der Waals surface area contributed by atoms with E-state index in [1.54, 1.807) is 25.4 Å². The summed E-state index contributed by atoms with van der Waals surface area (Å²) in [4.78, 5) is 22.3. The summed E-state index contributed by atoms with van der Waals surface area (Å²) in [7, 11) is 7.50. The normalized spacial score (nSPS) is 10.7. The first-order chi connectivity index (χ1) is 21.5. The third-order valence-corrected chi connectivity index (χ3v) is 6.92. The second-order valence-corrected chi connectivity index (χ2v) is 9.50. The van der Waals surface area contributed by atoms with E-state index in [9.17, 15) is 4.79 Å². The van der Waals surface area contributed by atoms with E-state index >= 15 is 0 Å². The lowest BCUT2D eigenvalue weighted by atomic mass is 9.96. The highest BCUT2D eigenvalue weighted by molar-refractivity contribution is 6.08. The third kappa shape index (κ3) is 6.29. The number of hydrogen-bond donors (Lipinski definition) is 0. The van der Waals surface area contributed by atoms with Gasteiger partial charge in [-0.05, 0) is 71.1 Å². The standard InChI is InChI=1S/C34H32N2O8/c1-38-24-11-9-21(10-12-24)19-44-33-27-18-25(43-20-23-8-6-7-15-35-23)13-14-26(27)30(31(36-33)34(37)42-5)22-16-28(39-2)32(41-4)29(17-22)40-3/h6-18H,19-20H2,1-5H3. The Hall–Kier alpha value is -5.51. The Kier molecular flexibility index (Phi) is 9.29. The van der Waals surface area contributed by atoms with Crippen molar-refractivity contribution in [3.63, 3.8) is 0 Å². The molecule has 10 heteroatoms. The molecule has 0 radical (unpaired) electrons. The molecule has 10 nitrogen and oxygen atoms in total. The first kappa shape index (κ1) is 30.0. The van der Waals surface area contributed by atoms with Crippen LogP contribution in [0.15, 0.2) is 79.0 Å². The van der Waals surface area contributed by atoms with Gasteiger partial charge in [-0.25, -0.2) is 9.78 Å². The Morgan fingerprint density at radius 2 is 1.43 bits per heavy atom. The molecule has 3 aromatic carbocycles. The van der Waals surface area contributed by atoms with Gasteiger partial charge in [-0.2, -0.15) is 0 Å². The van der Waals surface area contributed by atoms with Crippen molar-refractivity contribution in [2.24, 2.45) is 0 Å². The molecule has 0 N–H and O–H groups in total. The maximum Gasteiger partial charge on any atom is 0.357 e. The number of aromatic nitrogens is 2. The van der Waals surface area contributed by atoms with Gasteiger partial charge < -0.3 is 33.2 Å². The Balaban J connectivity index is 1.68. The maximum absolute atomic E-state index is 13.2. The summed E-state index contributed by atoms with van der Waals surface area (Å²) in [5.41, 5.74) is 2.82. The van der Waals surface area contributed by atoms with Crippen LogP contribution in [0.1, 0.15) is 21.7 Å². The highest BCUT2D eigenvalue weighted by Gasteiger charge is 2.25. The van der Waals surface area contributed by atoms with E-state index in [0.29, 0.717) is 44.9 Å². The molecule has 44 heavy (non-hydrogen) atoms. The molecule has 0 saturated heterocycles. The van der Waals surface area contributed by atoms with Gasteiger partial charge in [0.15, 0.2) is 17.2 Å². The van der Waals surface area contributed by atoms with E-state index in [2.05, 4.69) is 4.98 Å². The van der Waals surface area contributed by atoms with E-state index < -0.39 is 5.97 Å². The van der Waals surface area contributed by atoms with Gasteiger partial charge in [-0.3, -0.25) is 4.98 Å². The first-order valence-corrected chi connectivity index (χ1v) is 13.6. The van der Waals surface area contributed by atoms with E-state index in [1.807, 2.05) is 60.7 Å². The molecule has 0 aliphatic carbocycles. The lowest BCUT2D eigenvalue weighted by molar-refractivity contribution is 0.0594. The summed E-state index contributed by atoms with van der Waals surface area (Å²) in [5, 5.41) is 1.29. The Bertz CT molecular complexity index is 1730. The van der Waals surface area contributed by atoms with Crippen LogP contribution >= 0.6 is 0 Å². The quantitative estimate of drug-likeness (QED) is 0.153. The molecule has 0 bridgehead atoms. The van der Waals surface area contributed by atoms with Crippen molar-refractivity contribution in [3.8, 4) is 45.8 Å². The molecule has 2 aromatic heterocycles. The molecular formula is C34H32N2O8. The van der Waals surface area contributed by atoms with E-state index in [0.717, 1.165) is 17.0 Å². The van der Waals surface area contributed by atoms with Crippen molar-refractivity contribution in [1.82, 2.24) is 9.97 Å². The predicted molar refractivity (Wildman–Crippen MR) is 164 cm³/mol. The Labute approximate surface area is 255 Å². The number of hydrogen-bond acceptors (Lipinski definition) is 10. The maximum atomic E-state index is 13.2. The topological polar surface area (TPSA) is 107 Å². The van der Waals surface area contributed by atoms with Crippen LogP contribution in [0.25, 0.3) is 21.9 Å². The van der Waals surface area contributed by atoms with Crippen LogP contribution in [0.3, 0.4) is 0 Å². The Morgan fingerprint density at radius 3 is 2.05 bits per heavy atom. The van der Waals surface area contributed by atoms with Crippen LogP contribution < -0.4 is 28.4 Å². The van der Waals surface area contributed by atoms with E-state index in [1.165, 1.54) is 28.4 Å². The number of methoxy groups -OCH3 is 5. The van der Waals surface area contributed by atoms with Crippen LogP contribution in [0.5, 0.6) is 34.6 Å². The number of benzene rings is 3. The van der Waals surface area contributed by atoms with Gasteiger partial charge in [-0.1, -0.05) is 18.2 Å². The number of carbonyl (C=O) groups is 1. The highest BCUT2D eigenvalue weighted by atomic mass is 16.5. The fourth-order valence-electron chi connectivity index (χ4n) is 4.74. The predicted octanol–water partition coefficient (Wildman–Crippen LogP) is 6.28. The van der Waals surface area contributed by atoms with Gasteiger partial charge in [0.25, 0.3) is 0 Å². The second kappa shape index (κ2) is 13.6. The van der Waals surface area contributed by atoms with Crippen LogP contribution in [-0.2, 0) is 18.0 Å². The molecule has 0 fully saturated rings. The molecule has 0 saturated carbocycles. The van der Waals surface area contributed by atoms with Gasteiger partial charge in [0.1, 0.15) is 24.7 Å². The lowest BCUT2D eigenvalue weighted by Crippen LogP contribution is -2.10. The van der Waals surface area contributed by atoms with Gasteiger partial charge in [0.2, 0.25) is 11.6 Å². The van der Waals surface area contributed by atoms with Gasteiger partial charge in [0.05, 0.1) is 41.2 Å². The molecule has 5 aromatic rings. The average molecular weight is 597 g/mol. The van der Waals surface area contributed by atoms with Crippen molar-refractivity contribution in [2.45, 2.75) is 13.2 Å². The summed E-state index contributed by atoms with van der Waals surface area (Å²) in [6.07, 6.45) is 1.71. The van der Waals surface area contributed by atoms with Gasteiger partial charge >= 0.3 is 5.97 Å². The monoisotopic (exact) mass is 596 g/mol. The van der Waals surface area contributed by atoms with Gasteiger partial charge in [-0.15, -0.1) is 0 Å². The largest absolute Gasteiger partial charge is 0.497 e. The third-order valence-electron chi connectivity index (χ3n) is 6.92. The van der Waals surface area contributed by atoms with Crippen molar-refractivity contribution in [1.29, 1.82) is 0 Å². The molecule has 2 heterocycles. The van der Waals surface area contributed by atoms with Crippen molar-refractivity contribution < 1.29 is 38.0 Å². The molecule has 5 rings (SSSR count). The fraction of sp³-hybridized carbons (Fsp3) is 0.206. The number of carbonyl (C=O) groups excluding carboxylic acids is 1. The molecule has 0 unspecified atom stereocenters. The molecule has 0 atom stereocenters. The van der Waals surface area contributed by atoms with E-state index in [-0.39, 0.29) is 24.8 Å². The van der Waals surface area contributed by atoms with Crippen LogP contribution in [0.4, 0.5) is 0 Å². The minimum absolute atomic E-state index is 0.0566. The average Bonchev–Trinajstić information content (AvgIpc) is 3.08. The number of rotatable bonds is 12. The number of esters is 1. The summed E-state index contributed by atoms with van der Waals surface area (Å²) in [5.74, 6) is 2.15. The minimum Gasteiger partial charge on any atom is -0.497 e. The molecule has 0 spiro atoms. The van der Waals surface area contributed by atoms with Crippen molar-refractivity contribution in [2.75, 3.05) is 35.5 Å². The number of fused-ring (bicyclic) bond motifs is 1. The van der Waals surface area contributed by atoms with Crippen LogP contribution in [0.2, 0.25) is 0 Å². The molecule has 0 aliphatic heterocycles. The summed E-state index contributed by atoms with van der Waals surface area (Å²) in [6.45, 7) is 0.455. The van der Waals surface area contributed by atoms with Crippen molar-refractivity contribution >= 4 is 16.7 Å². The SMILES string of the molecule is COC(=O)c1nc(OCc2ccc(OC)cc2)c2cc(OCc3ccccn3)ccc2c1-c1cc(OC)c(OC)c(OC)c1. The zero-order valence-corrected chi connectivity index (χ0v) is 25.1. The van der Waals surface area contributed by atoms with Gasteiger partial charge in [0, 0.05) is 17.1 Å². The smallest absolute Gasteiger partial charge is 0.357 e. The Morgan fingerprint density at radius 1 is 0.705 bits per heavy atom. The molecule has 0 aliphatic rings. The van der Waals surface area contributed by atoms with Crippen molar-refractivity contribution in [3.05, 3.63) is 95.9 Å².